The van der Waals surface area contributed by atoms with Crippen LogP contribution in [0.1, 0.15) is 31.1 Å². The van der Waals surface area contributed by atoms with Gasteiger partial charge in [-0.1, -0.05) is 36.0 Å². The average Bonchev–Trinajstić information content (AvgIpc) is 2.52. The second-order valence-corrected chi connectivity index (χ2v) is 6.14. The van der Waals surface area contributed by atoms with E-state index in [0.29, 0.717) is 17.4 Å². The van der Waals surface area contributed by atoms with Crippen LogP contribution >= 0.6 is 0 Å². The normalized spacial score (nSPS) is 12.2. The van der Waals surface area contributed by atoms with Gasteiger partial charge in [0, 0.05) is 6.07 Å². The van der Waals surface area contributed by atoms with Crippen LogP contribution in [0.2, 0.25) is 0 Å². The number of benzene rings is 1. The second-order valence-electron chi connectivity index (χ2n) is 6.14. The highest BCUT2D eigenvalue weighted by Crippen LogP contribution is 2.28. The molecule has 0 fully saturated rings. The first kappa shape index (κ1) is 17.1. The molecule has 0 bridgehead atoms. The smallest absolute Gasteiger partial charge is 0.337 e. The zero-order valence-corrected chi connectivity index (χ0v) is 14.7. The molecular weight excluding hydrogens is 318 g/mol. The van der Waals surface area contributed by atoms with E-state index >= 15 is 0 Å². The lowest BCUT2D eigenvalue weighted by Gasteiger charge is -2.15. The first-order chi connectivity index (χ1) is 11.9. The van der Waals surface area contributed by atoms with Crippen LogP contribution in [0, 0.1) is 0 Å². The Morgan fingerprint density at radius 3 is 2.52 bits per heavy atom. The van der Waals surface area contributed by atoms with E-state index in [2.05, 4.69) is 16.0 Å². The third kappa shape index (κ3) is 3.52. The van der Waals surface area contributed by atoms with Crippen molar-refractivity contribution in [2.24, 2.45) is 0 Å². The molecule has 126 valence electrons. The first-order valence-electron chi connectivity index (χ1n) is 8.16. The van der Waals surface area contributed by atoms with Crippen LogP contribution in [0.15, 0.2) is 33.5 Å². The lowest BCUT2D eigenvalue weighted by Crippen LogP contribution is -2.17. The monoisotopic (exact) mass is 336 g/mol. The largest absolute Gasteiger partial charge is 0.493 e. The van der Waals surface area contributed by atoms with Gasteiger partial charge in [-0.3, -0.25) is 0 Å². The minimum Gasteiger partial charge on any atom is -0.493 e. The van der Waals surface area contributed by atoms with Crippen molar-refractivity contribution in [3.63, 3.8) is 0 Å². The van der Waals surface area contributed by atoms with Crippen LogP contribution in [-0.4, -0.2) is 30.8 Å². The standard InChI is InChI=1S/C17H18B2N2O4/c1-3-9-6-13(22)25-16-14(9)15(23)20-17(21-16)24-8(2)10-4-11(18)7-12(19)5-10/h4-8H,3,18-19H2,1-2H3,(H,20,21,23)/t8-/m0/s1. The summed E-state index contributed by atoms with van der Waals surface area (Å²) in [4.78, 5) is 19.8. The minimum atomic E-state index is -0.518. The zero-order chi connectivity index (χ0) is 18.1. The Morgan fingerprint density at radius 1 is 1.20 bits per heavy atom. The molecule has 0 radical (unpaired) electrons. The van der Waals surface area contributed by atoms with E-state index in [9.17, 15) is 9.90 Å². The van der Waals surface area contributed by atoms with Gasteiger partial charge in [0.2, 0.25) is 11.6 Å². The Bertz CT molecular complexity index is 984. The summed E-state index contributed by atoms with van der Waals surface area (Å²) in [6, 6.07) is 7.43. The summed E-state index contributed by atoms with van der Waals surface area (Å²) in [6.07, 6.45) is 0.231. The molecule has 1 atom stereocenters. The van der Waals surface area contributed by atoms with Gasteiger partial charge < -0.3 is 14.3 Å². The van der Waals surface area contributed by atoms with E-state index in [1.807, 2.05) is 41.7 Å². The van der Waals surface area contributed by atoms with Crippen molar-refractivity contribution in [1.29, 1.82) is 0 Å². The van der Waals surface area contributed by atoms with E-state index in [-0.39, 0.29) is 23.7 Å². The van der Waals surface area contributed by atoms with Crippen molar-refractivity contribution in [3.05, 3.63) is 45.8 Å². The summed E-state index contributed by atoms with van der Waals surface area (Å²) in [6.45, 7) is 3.75. The number of hydrogen-bond acceptors (Lipinski definition) is 6. The molecule has 25 heavy (non-hydrogen) atoms. The zero-order valence-electron chi connectivity index (χ0n) is 14.7. The van der Waals surface area contributed by atoms with E-state index in [1.54, 1.807) is 0 Å². The van der Waals surface area contributed by atoms with Crippen molar-refractivity contribution in [2.75, 3.05) is 0 Å². The van der Waals surface area contributed by atoms with Gasteiger partial charge in [-0.2, -0.15) is 9.97 Å². The summed E-state index contributed by atoms with van der Waals surface area (Å²) in [5.74, 6) is -0.256. The van der Waals surface area contributed by atoms with Crippen molar-refractivity contribution in [3.8, 4) is 11.9 Å². The molecule has 1 N–H and O–H groups in total. The maximum Gasteiger partial charge on any atom is 0.337 e. The lowest BCUT2D eigenvalue weighted by atomic mass is 9.85. The number of nitrogens with zero attached hydrogens (tertiary/aromatic N) is 2. The van der Waals surface area contributed by atoms with Gasteiger partial charge in [0.25, 0.3) is 0 Å². The molecule has 0 amide bonds. The van der Waals surface area contributed by atoms with E-state index in [0.717, 1.165) is 16.5 Å². The molecule has 2 aromatic heterocycles. The number of aryl methyl sites for hydroxylation is 1. The molecule has 2 heterocycles. The molecule has 0 saturated carbocycles. The third-order valence-electron chi connectivity index (χ3n) is 4.02. The van der Waals surface area contributed by atoms with Gasteiger partial charge in [0.05, 0.1) is 0 Å². The number of aromatic hydroxyl groups is 1. The van der Waals surface area contributed by atoms with Gasteiger partial charge >= 0.3 is 11.6 Å². The van der Waals surface area contributed by atoms with Crippen molar-refractivity contribution >= 4 is 37.7 Å². The second kappa shape index (κ2) is 6.63. The predicted molar refractivity (Wildman–Crippen MR) is 101 cm³/mol. The van der Waals surface area contributed by atoms with E-state index in [1.165, 1.54) is 6.07 Å². The molecule has 3 aromatic rings. The van der Waals surface area contributed by atoms with Crippen LogP contribution in [0.25, 0.3) is 11.1 Å². The van der Waals surface area contributed by atoms with Crippen molar-refractivity contribution in [2.45, 2.75) is 26.4 Å². The van der Waals surface area contributed by atoms with Crippen molar-refractivity contribution in [1.82, 2.24) is 9.97 Å². The number of aromatic nitrogens is 2. The molecule has 8 heteroatoms. The Kier molecular flexibility index (Phi) is 4.53. The average molecular weight is 336 g/mol. The van der Waals surface area contributed by atoms with Gasteiger partial charge in [-0.25, -0.2) is 4.79 Å². The van der Waals surface area contributed by atoms with Gasteiger partial charge in [0.1, 0.15) is 27.2 Å². The van der Waals surface area contributed by atoms with Crippen LogP contribution in [0.4, 0.5) is 0 Å². The Labute approximate surface area is 146 Å². The Balaban J connectivity index is 2.00. The quantitative estimate of drug-likeness (QED) is 0.647. The SMILES string of the molecule is Bc1cc(B)cc([C@H](C)Oc2nc(O)c3c(CC)cc(=O)oc3n2)c1. The summed E-state index contributed by atoms with van der Waals surface area (Å²) < 4.78 is 10.9. The molecule has 0 spiro atoms. The number of fused-ring (bicyclic) bond motifs is 1. The number of rotatable bonds is 4. The highest BCUT2D eigenvalue weighted by atomic mass is 16.5. The predicted octanol–water partition coefficient (Wildman–Crippen LogP) is -0.492. The van der Waals surface area contributed by atoms with Crippen LogP contribution in [0.3, 0.4) is 0 Å². The molecule has 0 aliphatic carbocycles. The molecular formula is C17H18B2N2O4. The van der Waals surface area contributed by atoms with Gasteiger partial charge in [-0.15, -0.1) is 0 Å². The maximum atomic E-state index is 11.7. The molecule has 6 nitrogen and oxygen atoms in total. The number of hydrogen-bond donors (Lipinski definition) is 1. The Morgan fingerprint density at radius 2 is 1.88 bits per heavy atom. The van der Waals surface area contributed by atoms with Gasteiger partial charge in [-0.05, 0) is 24.5 Å². The first-order valence-corrected chi connectivity index (χ1v) is 8.16. The van der Waals surface area contributed by atoms with Crippen molar-refractivity contribution < 1.29 is 14.3 Å². The molecule has 1 aromatic carbocycles. The molecule has 0 unspecified atom stereocenters. The topological polar surface area (TPSA) is 85.5 Å². The Hall–Kier alpha value is -2.76. The summed E-state index contributed by atoms with van der Waals surface area (Å²) in [7, 11) is 4.03. The highest BCUT2D eigenvalue weighted by Gasteiger charge is 2.17. The number of ether oxygens (including phenoxy) is 1. The molecule has 0 aliphatic heterocycles. The molecule has 3 rings (SSSR count). The molecule has 0 saturated heterocycles. The van der Waals surface area contributed by atoms with E-state index in [4.69, 9.17) is 9.15 Å². The third-order valence-corrected chi connectivity index (χ3v) is 4.02. The van der Waals surface area contributed by atoms with Gasteiger partial charge in [0.15, 0.2) is 0 Å². The minimum absolute atomic E-state index is 0.0273. The maximum absolute atomic E-state index is 11.7. The van der Waals surface area contributed by atoms with E-state index < -0.39 is 5.63 Å². The van der Waals surface area contributed by atoms with Crippen LogP contribution in [-0.2, 0) is 6.42 Å². The van der Waals surface area contributed by atoms with Crippen LogP contribution < -0.4 is 21.3 Å². The summed E-state index contributed by atoms with van der Waals surface area (Å²) in [5, 5.41) is 10.6. The summed E-state index contributed by atoms with van der Waals surface area (Å²) >= 11 is 0. The summed E-state index contributed by atoms with van der Waals surface area (Å²) in [5.41, 5.74) is 3.38. The fourth-order valence-corrected chi connectivity index (χ4v) is 2.91. The highest BCUT2D eigenvalue weighted by molar-refractivity contribution is 6.37. The lowest BCUT2D eigenvalue weighted by molar-refractivity contribution is 0.205. The van der Waals surface area contributed by atoms with Crippen LogP contribution in [0.5, 0.6) is 11.9 Å². The molecule has 0 aliphatic rings. The fraction of sp³-hybridized carbons (Fsp3) is 0.235. The fourth-order valence-electron chi connectivity index (χ4n) is 2.91.